The molecule has 0 atom stereocenters. The normalized spacial score (nSPS) is 10.8. The number of phenolic OH excluding ortho intramolecular Hbond substituents is 1. The number of benzene rings is 3. The summed E-state index contributed by atoms with van der Waals surface area (Å²) in [6.07, 6.45) is 0. The molecule has 1 amide bonds. The van der Waals surface area contributed by atoms with Gasteiger partial charge in [-0.05, 0) is 31.0 Å². The van der Waals surface area contributed by atoms with Gasteiger partial charge in [0.15, 0.2) is 12.0 Å². The number of amides is 1. The lowest BCUT2D eigenvalue weighted by Crippen LogP contribution is -2.20. The molecule has 3 aromatic carbocycles. The van der Waals surface area contributed by atoms with Crippen molar-refractivity contribution < 1.29 is 19.1 Å². The van der Waals surface area contributed by atoms with Gasteiger partial charge in [-0.3, -0.25) is 9.59 Å². The number of carbonyl (C=O) groups excluding carboxylic acids is 1. The van der Waals surface area contributed by atoms with Crippen LogP contribution in [0.2, 0.25) is 0 Å². The molecule has 1 aromatic heterocycles. The van der Waals surface area contributed by atoms with Gasteiger partial charge in [-0.15, -0.1) is 0 Å². The zero-order chi connectivity index (χ0) is 22.0. The summed E-state index contributed by atoms with van der Waals surface area (Å²) in [5.41, 5.74) is 3.32. The van der Waals surface area contributed by atoms with Crippen molar-refractivity contribution in [2.75, 3.05) is 11.9 Å². The number of aromatic hydroxyl groups is 1. The Balaban J connectivity index is 1.57. The molecule has 0 bridgehead atoms. The van der Waals surface area contributed by atoms with Crippen LogP contribution in [0.4, 0.5) is 5.69 Å². The molecule has 0 saturated carbocycles. The Morgan fingerprint density at radius 1 is 1.03 bits per heavy atom. The molecule has 0 aliphatic heterocycles. The summed E-state index contributed by atoms with van der Waals surface area (Å²) in [4.78, 5) is 24.8. The van der Waals surface area contributed by atoms with Crippen molar-refractivity contribution in [2.45, 2.75) is 13.8 Å². The smallest absolute Gasteiger partial charge is 0.262 e. The van der Waals surface area contributed by atoms with Gasteiger partial charge in [0.1, 0.15) is 28.2 Å². The summed E-state index contributed by atoms with van der Waals surface area (Å²) in [5.74, 6) is -0.0136. The summed E-state index contributed by atoms with van der Waals surface area (Å²) in [6, 6.07) is 19.0. The van der Waals surface area contributed by atoms with Crippen molar-refractivity contribution in [2.24, 2.45) is 0 Å². The molecule has 0 unspecified atom stereocenters. The van der Waals surface area contributed by atoms with Crippen LogP contribution >= 0.6 is 0 Å². The van der Waals surface area contributed by atoms with Crippen molar-refractivity contribution in [3.05, 3.63) is 88.1 Å². The highest BCUT2D eigenvalue weighted by Crippen LogP contribution is 2.31. The van der Waals surface area contributed by atoms with Gasteiger partial charge in [-0.2, -0.15) is 0 Å². The lowest BCUT2D eigenvalue weighted by atomic mass is 10.1. The van der Waals surface area contributed by atoms with Crippen LogP contribution in [-0.4, -0.2) is 17.6 Å². The molecule has 4 rings (SSSR count). The molecular formula is C25H21NO5. The first-order valence-corrected chi connectivity index (χ1v) is 9.77. The van der Waals surface area contributed by atoms with Crippen LogP contribution in [0.25, 0.3) is 22.3 Å². The van der Waals surface area contributed by atoms with Gasteiger partial charge in [0, 0.05) is 29.4 Å². The maximum atomic E-state index is 12.5. The molecule has 6 nitrogen and oxygen atoms in total. The number of hydrogen-bond acceptors (Lipinski definition) is 5. The zero-order valence-corrected chi connectivity index (χ0v) is 17.1. The fourth-order valence-electron chi connectivity index (χ4n) is 3.29. The Hall–Kier alpha value is -4.06. The number of fused-ring (bicyclic) bond motifs is 1. The lowest BCUT2D eigenvalue weighted by molar-refractivity contribution is -0.118. The van der Waals surface area contributed by atoms with Crippen molar-refractivity contribution in [1.82, 2.24) is 0 Å². The molecule has 156 valence electrons. The Bertz CT molecular complexity index is 1330. The highest BCUT2D eigenvalue weighted by atomic mass is 16.5. The number of ether oxygens (including phenoxy) is 1. The Morgan fingerprint density at radius 2 is 1.81 bits per heavy atom. The van der Waals surface area contributed by atoms with Crippen LogP contribution in [0.15, 0.2) is 75.9 Å². The Morgan fingerprint density at radius 3 is 2.58 bits per heavy atom. The summed E-state index contributed by atoms with van der Waals surface area (Å²) >= 11 is 0. The van der Waals surface area contributed by atoms with Crippen LogP contribution in [0.5, 0.6) is 11.5 Å². The summed E-state index contributed by atoms with van der Waals surface area (Å²) < 4.78 is 11.4. The van der Waals surface area contributed by atoms with E-state index in [-0.39, 0.29) is 40.4 Å². The molecule has 0 spiro atoms. The maximum absolute atomic E-state index is 12.5. The predicted octanol–water partition coefficient (Wildman–Crippen LogP) is 4.80. The van der Waals surface area contributed by atoms with E-state index >= 15 is 0 Å². The molecule has 0 aliphatic rings. The predicted molar refractivity (Wildman–Crippen MR) is 120 cm³/mol. The van der Waals surface area contributed by atoms with E-state index in [2.05, 4.69) is 5.32 Å². The van der Waals surface area contributed by atoms with Gasteiger partial charge in [0.2, 0.25) is 0 Å². The van der Waals surface area contributed by atoms with Crippen molar-refractivity contribution in [1.29, 1.82) is 0 Å². The summed E-state index contributed by atoms with van der Waals surface area (Å²) in [6.45, 7) is 3.64. The molecule has 0 saturated heterocycles. The molecule has 0 fully saturated rings. The first-order valence-electron chi connectivity index (χ1n) is 9.77. The fraction of sp³-hybridized carbons (Fsp3) is 0.120. The number of carbonyl (C=O) groups is 1. The number of aryl methyl sites for hydroxylation is 1. The zero-order valence-electron chi connectivity index (χ0n) is 17.1. The third kappa shape index (κ3) is 4.28. The molecule has 2 N–H and O–H groups in total. The van der Waals surface area contributed by atoms with E-state index in [1.807, 2.05) is 62.4 Å². The number of nitrogens with one attached hydrogen (secondary N) is 1. The minimum atomic E-state index is -0.364. The average molecular weight is 415 g/mol. The molecule has 4 aromatic rings. The molecule has 0 aliphatic carbocycles. The summed E-state index contributed by atoms with van der Waals surface area (Å²) in [7, 11) is 0. The third-order valence-corrected chi connectivity index (χ3v) is 5.09. The first kappa shape index (κ1) is 20.2. The SMILES string of the molecule is Cc1cccc(NC(=O)COc2cc(O)c3c(=O)cc(-c4ccccc4)oc3c2)c1C. The van der Waals surface area contributed by atoms with Gasteiger partial charge < -0.3 is 19.6 Å². The largest absolute Gasteiger partial charge is 0.507 e. The van der Waals surface area contributed by atoms with Crippen LogP contribution in [0.1, 0.15) is 11.1 Å². The quantitative estimate of drug-likeness (QED) is 0.489. The number of rotatable bonds is 5. The molecule has 6 heteroatoms. The van der Waals surface area contributed by atoms with Gasteiger partial charge in [0.25, 0.3) is 5.91 Å². The Kier molecular flexibility index (Phi) is 5.45. The van der Waals surface area contributed by atoms with E-state index in [0.29, 0.717) is 11.4 Å². The fourth-order valence-corrected chi connectivity index (χ4v) is 3.29. The topological polar surface area (TPSA) is 88.8 Å². The van der Waals surface area contributed by atoms with Crippen LogP contribution in [0, 0.1) is 13.8 Å². The molecule has 1 heterocycles. The second-order valence-corrected chi connectivity index (χ2v) is 7.24. The minimum absolute atomic E-state index is 0.0619. The van der Waals surface area contributed by atoms with E-state index in [4.69, 9.17) is 9.15 Å². The second kappa shape index (κ2) is 8.36. The average Bonchev–Trinajstić information content (AvgIpc) is 2.75. The highest BCUT2D eigenvalue weighted by Gasteiger charge is 2.14. The lowest BCUT2D eigenvalue weighted by Gasteiger charge is -2.12. The van der Waals surface area contributed by atoms with Crippen LogP contribution in [-0.2, 0) is 4.79 Å². The minimum Gasteiger partial charge on any atom is -0.507 e. The van der Waals surface area contributed by atoms with Gasteiger partial charge in [-0.25, -0.2) is 0 Å². The van der Waals surface area contributed by atoms with Crippen molar-refractivity contribution in [3.8, 4) is 22.8 Å². The number of anilines is 1. The maximum Gasteiger partial charge on any atom is 0.262 e. The van der Waals surface area contributed by atoms with E-state index in [0.717, 1.165) is 16.7 Å². The van der Waals surface area contributed by atoms with E-state index < -0.39 is 0 Å². The number of phenols is 1. The van der Waals surface area contributed by atoms with Crippen LogP contribution in [0.3, 0.4) is 0 Å². The van der Waals surface area contributed by atoms with Gasteiger partial charge >= 0.3 is 0 Å². The molecular weight excluding hydrogens is 394 g/mol. The van der Waals surface area contributed by atoms with Crippen molar-refractivity contribution in [3.63, 3.8) is 0 Å². The molecule has 0 radical (unpaired) electrons. The van der Waals surface area contributed by atoms with Gasteiger partial charge in [-0.1, -0.05) is 42.5 Å². The number of hydrogen-bond donors (Lipinski definition) is 2. The van der Waals surface area contributed by atoms with E-state index in [9.17, 15) is 14.7 Å². The Labute approximate surface area is 178 Å². The van der Waals surface area contributed by atoms with Crippen LogP contribution < -0.4 is 15.5 Å². The summed E-state index contributed by atoms with van der Waals surface area (Å²) in [5, 5.41) is 13.2. The second-order valence-electron chi connectivity index (χ2n) is 7.24. The van der Waals surface area contributed by atoms with E-state index in [1.165, 1.54) is 18.2 Å². The monoisotopic (exact) mass is 415 g/mol. The standard InChI is InChI=1S/C25H21NO5/c1-15-7-6-10-19(16(15)2)26-24(29)14-30-18-11-20(27)25-21(28)13-22(31-23(25)12-18)17-8-4-3-5-9-17/h3-13,27H,14H2,1-2H3,(H,26,29). The van der Waals surface area contributed by atoms with E-state index in [1.54, 1.807) is 0 Å². The van der Waals surface area contributed by atoms with Crippen molar-refractivity contribution >= 4 is 22.6 Å². The third-order valence-electron chi connectivity index (χ3n) is 5.09. The molecule has 31 heavy (non-hydrogen) atoms. The highest BCUT2D eigenvalue weighted by molar-refractivity contribution is 5.93. The van der Waals surface area contributed by atoms with Gasteiger partial charge in [0.05, 0.1) is 0 Å². The first-order chi connectivity index (χ1) is 14.9.